The standard InChI is InChI=1S/C19H28O4/c1-11-7-13-4-3-12(2)16(19(13)17(21)8-11)6-5-15-9-14(20)10-18(22)23-15/h3-4,7,11-12,14-17,19-21H,5-6,8-10H2,1-2H3/t11-,12+,14-,15+,16+,17+,19?/m1/s1. The van der Waals surface area contributed by atoms with Gasteiger partial charge >= 0.3 is 5.97 Å². The van der Waals surface area contributed by atoms with Gasteiger partial charge in [0.05, 0.1) is 18.6 Å². The fraction of sp³-hybridized carbons (Fsp3) is 0.737. The highest BCUT2D eigenvalue weighted by atomic mass is 16.5. The molecule has 0 spiro atoms. The number of aliphatic hydroxyl groups is 2. The van der Waals surface area contributed by atoms with Crippen molar-refractivity contribution in [2.75, 3.05) is 0 Å². The van der Waals surface area contributed by atoms with Crippen molar-refractivity contribution in [2.45, 2.75) is 64.3 Å². The molecule has 1 aliphatic heterocycles. The normalized spacial score (nSPS) is 43.6. The van der Waals surface area contributed by atoms with Gasteiger partial charge in [-0.3, -0.25) is 4.79 Å². The summed E-state index contributed by atoms with van der Waals surface area (Å²) in [4.78, 5) is 11.5. The zero-order chi connectivity index (χ0) is 16.6. The van der Waals surface area contributed by atoms with Crippen molar-refractivity contribution < 1.29 is 19.7 Å². The summed E-state index contributed by atoms with van der Waals surface area (Å²) >= 11 is 0. The molecule has 3 aliphatic rings. The molecule has 7 atom stereocenters. The lowest BCUT2D eigenvalue weighted by Gasteiger charge is -2.42. The molecule has 0 amide bonds. The molecule has 4 heteroatoms. The molecular weight excluding hydrogens is 292 g/mol. The Morgan fingerprint density at radius 2 is 2.00 bits per heavy atom. The van der Waals surface area contributed by atoms with Crippen molar-refractivity contribution in [1.29, 1.82) is 0 Å². The van der Waals surface area contributed by atoms with Gasteiger partial charge in [0.25, 0.3) is 0 Å². The molecule has 1 heterocycles. The summed E-state index contributed by atoms with van der Waals surface area (Å²) in [5.74, 6) is 1.09. The molecule has 1 fully saturated rings. The number of hydrogen-bond acceptors (Lipinski definition) is 4. The molecule has 0 aromatic carbocycles. The highest BCUT2D eigenvalue weighted by Gasteiger charge is 2.39. The van der Waals surface area contributed by atoms with Crippen LogP contribution in [0.3, 0.4) is 0 Å². The van der Waals surface area contributed by atoms with E-state index < -0.39 is 6.10 Å². The summed E-state index contributed by atoms with van der Waals surface area (Å²) < 4.78 is 5.37. The van der Waals surface area contributed by atoms with Crippen molar-refractivity contribution >= 4 is 5.97 Å². The number of hydrogen-bond donors (Lipinski definition) is 2. The third kappa shape index (κ3) is 3.69. The molecule has 1 saturated heterocycles. The quantitative estimate of drug-likeness (QED) is 0.785. The predicted octanol–water partition coefficient (Wildman–Crippen LogP) is 2.60. The second-order valence-corrected chi connectivity index (χ2v) is 7.64. The minimum absolute atomic E-state index is 0.116. The third-order valence-corrected chi connectivity index (χ3v) is 5.68. The van der Waals surface area contributed by atoms with Gasteiger partial charge < -0.3 is 14.9 Å². The maximum Gasteiger partial charge on any atom is 0.308 e. The molecule has 0 aromatic rings. The summed E-state index contributed by atoms with van der Waals surface area (Å²) in [6, 6.07) is 0. The van der Waals surface area contributed by atoms with E-state index in [2.05, 4.69) is 32.1 Å². The molecule has 2 N–H and O–H groups in total. The Labute approximate surface area is 138 Å². The van der Waals surface area contributed by atoms with Gasteiger partial charge in [0.2, 0.25) is 0 Å². The number of allylic oxidation sites excluding steroid dienone is 3. The SMILES string of the molecule is C[C@@H]1C=C2C=C[C@H](C)[C@H](CC[C@H]3C[C@@H](O)CC(=O)O3)C2[C@@H](O)C1. The highest BCUT2D eigenvalue weighted by Crippen LogP contribution is 2.43. The number of esters is 1. The van der Waals surface area contributed by atoms with Crippen molar-refractivity contribution in [3.8, 4) is 0 Å². The van der Waals surface area contributed by atoms with E-state index in [-0.39, 0.29) is 30.5 Å². The molecule has 128 valence electrons. The topological polar surface area (TPSA) is 66.8 Å². The second-order valence-electron chi connectivity index (χ2n) is 7.64. The molecule has 1 unspecified atom stereocenters. The van der Waals surface area contributed by atoms with Gasteiger partial charge in [0, 0.05) is 12.3 Å². The van der Waals surface area contributed by atoms with Crippen LogP contribution in [0.4, 0.5) is 0 Å². The van der Waals surface area contributed by atoms with Gasteiger partial charge in [0.1, 0.15) is 6.10 Å². The van der Waals surface area contributed by atoms with Crippen LogP contribution in [0.5, 0.6) is 0 Å². The summed E-state index contributed by atoms with van der Waals surface area (Å²) in [5.41, 5.74) is 1.26. The first-order chi connectivity index (χ1) is 10.9. The third-order valence-electron chi connectivity index (χ3n) is 5.68. The number of fused-ring (bicyclic) bond motifs is 1. The molecule has 0 saturated carbocycles. The van der Waals surface area contributed by atoms with E-state index in [1.807, 2.05) is 0 Å². The van der Waals surface area contributed by atoms with Crippen LogP contribution in [0, 0.1) is 23.7 Å². The minimum Gasteiger partial charge on any atom is -0.462 e. The minimum atomic E-state index is -0.568. The Hall–Kier alpha value is -1.13. The van der Waals surface area contributed by atoms with Gasteiger partial charge in [-0.15, -0.1) is 0 Å². The van der Waals surface area contributed by atoms with Crippen molar-refractivity contribution in [2.24, 2.45) is 23.7 Å². The highest BCUT2D eigenvalue weighted by molar-refractivity contribution is 5.70. The average molecular weight is 320 g/mol. The Morgan fingerprint density at radius 3 is 2.74 bits per heavy atom. The molecule has 0 aromatic heterocycles. The smallest absolute Gasteiger partial charge is 0.308 e. The molecule has 0 bridgehead atoms. The Balaban J connectivity index is 1.67. The Bertz CT molecular complexity index is 509. The van der Waals surface area contributed by atoms with Crippen LogP contribution >= 0.6 is 0 Å². The number of cyclic esters (lactones) is 1. The van der Waals surface area contributed by atoms with Crippen LogP contribution in [0.15, 0.2) is 23.8 Å². The molecular formula is C19H28O4. The lowest BCUT2D eigenvalue weighted by atomic mass is 9.65. The van der Waals surface area contributed by atoms with E-state index in [1.165, 1.54) is 5.57 Å². The fourth-order valence-corrected chi connectivity index (χ4v) is 4.55. The zero-order valence-electron chi connectivity index (χ0n) is 14.0. The van der Waals surface area contributed by atoms with E-state index in [4.69, 9.17) is 4.74 Å². The van der Waals surface area contributed by atoms with Crippen LogP contribution in [0.1, 0.15) is 46.0 Å². The maximum atomic E-state index is 11.5. The van der Waals surface area contributed by atoms with Gasteiger partial charge in [-0.2, -0.15) is 0 Å². The number of rotatable bonds is 3. The fourth-order valence-electron chi connectivity index (χ4n) is 4.55. The van der Waals surface area contributed by atoms with Gasteiger partial charge in [-0.25, -0.2) is 0 Å². The van der Waals surface area contributed by atoms with E-state index in [0.29, 0.717) is 24.2 Å². The predicted molar refractivity (Wildman–Crippen MR) is 87.5 cm³/mol. The van der Waals surface area contributed by atoms with E-state index >= 15 is 0 Å². The largest absolute Gasteiger partial charge is 0.462 e. The Kier molecular flexibility index (Phi) is 4.93. The first-order valence-electron chi connectivity index (χ1n) is 8.89. The van der Waals surface area contributed by atoms with Crippen LogP contribution < -0.4 is 0 Å². The number of carbonyl (C=O) groups excluding carboxylic acids is 1. The first-order valence-corrected chi connectivity index (χ1v) is 8.89. The van der Waals surface area contributed by atoms with E-state index in [9.17, 15) is 15.0 Å². The van der Waals surface area contributed by atoms with Crippen LogP contribution in [0.25, 0.3) is 0 Å². The molecule has 3 rings (SSSR count). The summed E-state index contributed by atoms with van der Waals surface area (Å²) in [7, 11) is 0. The summed E-state index contributed by atoms with van der Waals surface area (Å²) in [6.07, 6.45) is 8.80. The van der Waals surface area contributed by atoms with E-state index in [1.54, 1.807) is 0 Å². The van der Waals surface area contributed by atoms with Crippen molar-refractivity contribution in [1.82, 2.24) is 0 Å². The van der Waals surface area contributed by atoms with Crippen LogP contribution in [-0.4, -0.2) is 34.5 Å². The number of carbonyl (C=O) groups is 1. The number of ether oxygens (including phenoxy) is 1. The number of aliphatic hydroxyl groups excluding tert-OH is 2. The van der Waals surface area contributed by atoms with Gasteiger partial charge in [-0.1, -0.05) is 32.1 Å². The van der Waals surface area contributed by atoms with Crippen LogP contribution in [0.2, 0.25) is 0 Å². The van der Waals surface area contributed by atoms with Gasteiger partial charge in [-0.05, 0) is 42.6 Å². The maximum absolute atomic E-state index is 11.5. The molecule has 23 heavy (non-hydrogen) atoms. The second kappa shape index (κ2) is 6.78. The zero-order valence-corrected chi connectivity index (χ0v) is 14.0. The molecule has 0 radical (unpaired) electrons. The lowest BCUT2D eigenvalue weighted by Crippen LogP contribution is -2.39. The summed E-state index contributed by atoms with van der Waals surface area (Å²) in [5, 5.41) is 20.3. The van der Waals surface area contributed by atoms with Crippen LogP contribution in [-0.2, 0) is 9.53 Å². The first kappa shape index (κ1) is 16.7. The van der Waals surface area contributed by atoms with Crippen molar-refractivity contribution in [3.63, 3.8) is 0 Å². The summed E-state index contributed by atoms with van der Waals surface area (Å²) in [6.45, 7) is 4.35. The lowest BCUT2D eigenvalue weighted by molar-refractivity contribution is -0.160. The average Bonchev–Trinajstić information content (AvgIpc) is 2.45. The van der Waals surface area contributed by atoms with Crippen molar-refractivity contribution in [3.05, 3.63) is 23.8 Å². The Morgan fingerprint density at radius 1 is 1.22 bits per heavy atom. The molecule has 2 aliphatic carbocycles. The molecule has 4 nitrogen and oxygen atoms in total. The van der Waals surface area contributed by atoms with E-state index in [0.717, 1.165) is 19.3 Å². The van der Waals surface area contributed by atoms with Gasteiger partial charge in [0.15, 0.2) is 0 Å². The monoisotopic (exact) mass is 320 g/mol.